The number of nitrogens with zero attached hydrogens (tertiary/aromatic N) is 3. The summed E-state index contributed by atoms with van der Waals surface area (Å²) in [5, 5.41) is 3.76. The van der Waals surface area contributed by atoms with Crippen LogP contribution in [-0.4, -0.2) is 52.7 Å². The molecule has 0 spiro atoms. The summed E-state index contributed by atoms with van der Waals surface area (Å²) in [6.45, 7) is 4.99. The number of likely N-dealkylation sites (N-methyl/N-ethyl adjacent to an activating group) is 1. The quantitative estimate of drug-likeness (QED) is 0.637. The van der Waals surface area contributed by atoms with E-state index in [9.17, 15) is 4.79 Å². The second kappa shape index (κ2) is 8.45. The fourth-order valence-electron chi connectivity index (χ4n) is 3.29. The van der Waals surface area contributed by atoms with Crippen LogP contribution in [0.25, 0.3) is 11.3 Å². The smallest absolute Gasteiger partial charge is 0.255 e. The molecule has 132 valence electrons. The minimum Gasteiger partial charge on any atom is -0.350 e. The largest absolute Gasteiger partial charge is 0.350 e. The van der Waals surface area contributed by atoms with Gasteiger partial charge in [-0.1, -0.05) is 49.0 Å². The molecular formula is C19H24N4OS. The van der Waals surface area contributed by atoms with Gasteiger partial charge in [-0.05, 0) is 32.2 Å². The van der Waals surface area contributed by atoms with Gasteiger partial charge in [-0.25, -0.2) is 9.97 Å². The van der Waals surface area contributed by atoms with Crippen LogP contribution in [0.4, 0.5) is 0 Å². The Balaban J connectivity index is 1.80. The Labute approximate surface area is 153 Å². The van der Waals surface area contributed by atoms with Crippen molar-refractivity contribution >= 4 is 17.7 Å². The lowest BCUT2D eigenvalue weighted by molar-refractivity contribution is 0.0941. The molecule has 1 aliphatic rings. The molecule has 25 heavy (non-hydrogen) atoms. The molecule has 1 atom stereocenters. The SMILES string of the molecule is CCN1CCCC1CNC(=O)c1cnc(SC)nc1-c1ccccc1. The summed E-state index contributed by atoms with van der Waals surface area (Å²) in [7, 11) is 0. The van der Waals surface area contributed by atoms with Crippen LogP contribution in [0.5, 0.6) is 0 Å². The summed E-state index contributed by atoms with van der Waals surface area (Å²) in [5.41, 5.74) is 2.16. The van der Waals surface area contributed by atoms with E-state index in [1.165, 1.54) is 18.2 Å². The lowest BCUT2D eigenvalue weighted by Crippen LogP contribution is -2.40. The molecule has 2 heterocycles. The molecule has 0 radical (unpaired) electrons. The lowest BCUT2D eigenvalue weighted by Gasteiger charge is -2.23. The van der Waals surface area contributed by atoms with Crippen LogP contribution in [0.1, 0.15) is 30.1 Å². The topological polar surface area (TPSA) is 58.1 Å². The number of thioether (sulfide) groups is 1. The van der Waals surface area contributed by atoms with E-state index in [0.29, 0.717) is 29.0 Å². The highest BCUT2D eigenvalue weighted by molar-refractivity contribution is 7.98. The molecule has 1 unspecified atom stereocenters. The maximum atomic E-state index is 12.8. The summed E-state index contributed by atoms with van der Waals surface area (Å²) in [5.74, 6) is -0.102. The van der Waals surface area contributed by atoms with Crippen molar-refractivity contribution in [2.45, 2.75) is 31.0 Å². The number of likely N-dealkylation sites (tertiary alicyclic amines) is 1. The zero-order chi connectivity index (χ0) is 17.6. The molecule has 1 saturated heterocycles. The highest BCUT2D eigenvalue weighted by Crippen LogP contribution is 2.23. The number of nitrogens with one attached hydrogen (secondary N) is 1. The summed E-state index contributed by atoms with van der Waals surface area (Å²) in [6.07, 6.45) is 5.92. The van der Waals surface area contributed by atoms with Crippen molar-refractivity contribution in [3.8, 4) is 11.3 Å². The number of carbonyl (C=O) groups is 1. The Bertz CT molecular complexity index is 723. The number of hydrogen-bond acceptors (Lipinski definition) is 5. The van der Waals surface area contributed by atoms with Gasteiger partial charge in [0.25, 0.3) is 5.91 Å². The van der Waals surface area contributed by atoms with Gasteiger partial charge in [0, 0.05) is 24.3 Å². The van der Waals surface area contributed by atoms with Crippen LogP contribution < -0.4 is 5.32 Å². The van der Waals surface area contributed by atoms with Crippen molar-refractivity contribution in [2.75, 3.05) is 25.9 Å². The van der Waals surface area contributed by atoms with E-state index in [2.05, 4.69) is 27.1 Å². The summed E-state index contributed by atoms with van der Waals surface area (Å²) in [4.78, 5) is 24.1. The maximum Gasteiger partial charge on any atom is 0.255 e. The Morgan fingerprint density at radius 2 is 2.16 bits per heavy atom. The van der Waals surface area contributed by atoms with Crippen LogP contribution >= 0.6 is 11.8 Å². The van der Waals surface area contributed by atoms with Crippen LogP contribution in [0, 0.1) is 0 Å². The lowest BCUT2D eigenvalue weighted by atomic mass is 10.1. The molecule has 3 rings (SSSR count). The van der Waals surface area contributed by atoms with E-state index in [4.69, 9.17) is 0 Å². The molecule has 0 saturated carbocycles. The standard InChI is InChI=1S/C19H24N4OS/c1-3-23-11-7-10-15(23)12-20-18(24)16-13-21-19(25-2)22-17(16)14-8-5-4-6-9-14/h4-6,8-9,13,15H,3,7,10-12H2,1-2H3,(H,20,24). The van der Waals surface area contributed by atoms with Gasteiger partial charge < -0.3 is 5.32 Å². The molecular weight excluding hydrogens is 332 g/mol. The van der Waals surface area contributed by atoms with Gasteiger partial charge >= 0.3 is 0 Å². The van der Waals surface area contributed by atoms with Gasteiger partial charge in [-0.15, -0.1) is 0 Å². The first-order valence-corrected chi connectivity index (χ1v) is 9.94. The third-order valence-electron chi connectivity index (χ3n) is 4.64. The molecule has 0 aliphatic carbocycles. The highest BCUT2D eigenvalue weighted by Gasteiger charge is 2.24. The maximum absolute atomic E-state index is 12.8. The van der Waals surface area contributed by atoms with Crippen molar-refractivity contribution in [2.24, 2.45) is 0 Å². The van der Waals surface area contributed by atoms with Crippen LogP contribution in [0.3, 0.4) is 0 Å². The molecule has 0 bridgehead atoms. The van der Waals surface area contributed by atoms with E-state index >= 15 is 0 Å². The zero-order valence-corrected chi connectivity index (χ0v) is 15.6. The number of benzene rings is 1. The number of rotatable bonds is 6. The van der Waals surface area contributed by atoms with Gasteiger partial charge in [0.15, 0.2) is 5.16 Å². The molecule has 1 aliphatic heterocycles. The second-order valence-electron chi connectivity index (χ2n) is 6.12. The number of aromatic nitrogens is 2. The number of carbonyl (C=O) groups excluding carboxylic acids is 1. The summed E-state index contributed by atoms with van der Waals surface area (Å²) < 4.78 is 0. The van der Waals surface area contributed by atoms with Crippen molar-refractivity contribution in [3.63, 3.8) is 0 Å². The van der Waals surface area contributed by atoms with E-state index in [1.54, 1.807) is 6.20 Å². The van der Waals surface area contributed by atoms with E-state index in [1.807, 2.05) is 36.6 Å². The van der Waals surface area contributed by atoms with Gasteiger partial charge in [-0.3, -0.25) is 9.69 Å². The number of amides is 1. The molecule has 1 aromatic carbocycles. The van der Waals surface area contributed by atoms with Crippen LogP contribution in [0.2, 0.25) is 0 Å². The van der Waals surface area contributed by atoms with Crippen molar-refractivity contribution in [1.29, 1.82) is 0 Å². The van der Waals surface area contributed by atoms with Gasteiger partial charge in [0.05, 0.1) is 11.3 Å². The summed E-state index contributed by atoms with van der Waals surface area (Å²) >= 11 is 1.47. The first kappa shape index (κ1) is 17.9. The third kappa shape index (κ3) is 4.19. The zero-order valence-electron chi connectivity index (χ0n) is 14.7. The average molecular weight is 356 g/mol. The fraction of sp³-hybridized carbons (Fsp3) is 0.421. The highest BCUT2D eigenvalue weighted by atomic mass is 32.2. The number of hydrogen-bond donors (Lipinski definition) is 1. The molecule has 1 aromatic heterocycles. The van der Waals surface area contributed by atoms with E-state index in [0.717, 1.165) is 25.1 Å². The Morgan fingerprint density at radius 3 is 2.88 bits per heavy atom. The molecule has 1 amide bonds. The molecule has 1 N–H and O–H groups in total. The van der Waals surface area contributed by atoms with Gasteiger partial charge in [0.1, 0.15) is 0 Å². The van der Waals surface area contributed by atoms with Crippen LogP contribution in [-0.2, 0) is 0 Å². The van der Waals surface area contributed by atoms with Crippen molar-refractivity contribution < 1.29 is 4.79 Å². The first-order chi connectivity index (χ1) is 12.2. The Hall–Kier alpha value is -1.92. The normalized spacial score (nSPS) is 17.6. The summed E-state index contributed by atoms with van der Waals surface area (Å²) in [6, 6.07) is 10.2. The fourth-order valence-corrected chi connectivity index (χ4v) is 3.64. The Morgan fingerprint density at radius 1 is 1.36 bits per heavy atom. The van der Waals surface area contributed by atoms with Gasteiger partial charge in [0.2, 0.25) is 0 Å². The molecule has 6 heteroatoms. The van der Waals surface area contributed by atoms with E-state index in [-0.39, 0.29) is 5.91 Å². The minimum atomic E-state index is -0.102. The molecule has 5 nitrogen and oxygen atoms in total. The molecule has 1 fully saturated rings. The minimum absolute atomic E-state index is 0.102. The predicted molar refractivity (Wildman–Crippen MR) is 102 cm³/mol. The second-order valence-corrected chi connectivity index (χ2v) is 6.89. The molecule has 2 aromatic rings. The van der Waals surface area contributed by atoms with E-state index < -0.39 is 0 Å². The predicted octanol–water partition coefficient (Wildman–Crippen LogP) is 3.08. The van der Waals surface area contributed by atoms with Crippen LogP contribution in [0.15, 0.2) is 41.7 Å². The monoisotopic (exact) mass is 356 g/mol. The third-order valence-corrected chi connectivity index (χ3v) is 5.21. The van der Waals surface area contributed by atoms with Gasteiger partial charge in [-0.2, -0.15) is 0 Å². The average Bonchev–Trinajstić information content (AvgIpc) is 3.14. The van der Waals surface area contributed by atoms with Crippen molar-refractivity contribution in [1.82, 2.24) is 20.2 Å². The van der Waals surface area contributed by atoms with Crippen molar-refractivity contribution in [3.05, 3.63) is 42.1 Å². The first-order valence-electron chi connectivity index (χ1n) is 8.71. The Kier molecular flexibility index (Phi) is 6.04.